The number of carbonyl (C=O) groups is 1. The summed E-state index contributed by atoms with van der Waals surface area (Å²) in [6.07, 6.45) is 3.01. The van der Waals surface area contributed by atoms with Crippen LogP contribution in [0.3, 0.4) is 0 Å². The van der Waals surface area contributed by atoms with Gasteiger partial charge in [0.15, 0.2) is 12.4 Å². The maximum Gasteiger partial charge on any atom is 0.341 e. The fourth-order valence-electron chi connectivity index (χ4n) is 1.30. The SMILES string of the molecule is O=C(O)COc1cnn(-c2ccccc2Cl)c1. The average molecular weight is 253 g/mol. The number of rotatable bonds is 4. The topological polar surface area (TPSA) is 64.3 Å². The minimum atomic E-state index is -1.03. The van der Waals surface area contributed by atoms with Crippen molar-refractivity contribution >= 4 is 17.6 Å². The largest absolute Gasteiger partial charge is 0.479 e. The summed E-state index contributed by atoms with van der Waals surface area (Å²) in [4.78, 5) is 10.3. The highest BCUT2D eigenvalue weighted by Crippen LogP contribution is 2.21. The molecule has 1 heterocycles. The first-order chi connectivity index (χ1) is 8.16. The fraction of sp³-hybridized carbons (Fsp3) is 0.0909. The van der Waals surface area contributed by atoms with Crippen LogP contribution >= 0.6 is 11.6 Å². The van der Waals surface area contributed by atoms with Crippen LogP contribution in [-0.4, -0.2) is 27.5 Å². The van der Waals surface area contributed by atoms with Crippen LogP contribution in [0.4, 0.5) is 0 Å². The molecule has 1 aromatic heterocycles. The Morgan fingerprint density at radius 1 is 1.47 bits per heavy atom. The quantitative estimate of drug-likeness (QED) is 0.904. The Balaban J connectivity index is 2.18. The summed E-state index contributed by atoms with van der Waals surface area (Å²) in [5.41, 5.74) is 0.708. The van der Waals surface area contributed by atoms with Crippen molar-refractivity contribution in [2.45, 2.75) is 0 Å². The number of aliphatic carboxylic acids is 1. The zero-order valence-corrected chi connectivity index (χ0v) is 9.46. The molecule has 0 aliphatic heterocycles. The number of halogens is 1. The van der Waals surface area contributed by atoms with E-state index in [1.807, 2.05) is 12.1 Å². The molecule has 0 fully saturated rings. The first-order valence-electron chi connectivity index (χ1n) is 4.81. The summed E-state index contributed by atoms with van der Waals surface area (Å²) in [5.74, 6) is -0.650. The molecule has 1 aromatic carbocycles. The lowest BCUT2D eigenvalue weighted by Crippen LogP contribution is -2.08. The van der Waals surface area contributed by atoms with E-state index >= 15 is 0 Å². The van der Waals surface area contributed by atoms with E-state index < -0.39 is 12.6 Å². The molecule has 5 nitrogen and oxygen atoms in total. The number of aromatic nitrogens is 2. The number of ether oxygens (including phenoxy) is 1. The predicted octanol–water partition coefficient (Wildman–Crippen LogP) is 1.99. The van der Waals surface area contributed by atoms with Gasteiger partial charge in [0.05, 0.1) is 23.1 Å². The summed E-state index contributed by atoms with van der Waals surface area (Å²) in [7, 11) is 0. The molecule has 0 saturated heterocycles. The zero-order valence-electron chi connectivity index (χ0n) is 8.71. The molecule has 0 aliphatic rings. The van der Waals surface area contributed by atoms with Gasteiger partial charge < -0.3 is 9.84 Å². The van der Waals surface area contributed by atoms with Crippen LogP contribution in [0.1, 0.15) is 0 Å². The van der Waals surface area contributed by atoms with Crippen LogP contribution in [0.5, 0.6) is 5.75 Å². The van der Waals surface area contributed by atoms with E-state index in [9.17, 15) is 4.79 Å². The van der Waals surface area contributed by atoms with Gasteiger partial charge in [0, 0.05) is 0 Å². The molecule has 0 bridgehead atoms. The van der Waals surface area contributed by atoms with E-state index in [0.29, 0.717) is 16.5 Å². The number of carboxylic acids is 1. The Bertz CT molecular complexity index is 539. The summed E-state index contributed by atoms with van der Waals surface area (Å²) < 4.78 is 6.51. The number of benzene rings is 1. The fourth-order valence-corrected chi connectivity index (χ4v) is 1.52. The first kappa shape index (κ1) is 11.5. The average Bonchev–Trinajstić information content (AvgIpc) is 2.75. The van der Waals surface area contributed by atoms with Gasteiger partial charge in [-0.05, 0) is 12.1 Å². The second kappa shape index (κ2) is 4.88. The predicted molar refractivity (Wildman–Crippen MR) is 61.7 cm³/mol. The molecule has 0 spiro atoms. The van der Waals surface area contributed by atoms with Crippen molar-refractivity contribution in [2.75, 3.05) is 6.61 Å². The van der Waals surface area contributed by atoms with Crippen molar-refractivity contribution in [1.29, 1.82) is 0 Å². The zero-order chi connectivity index (χ0) is 12.3. The van der Waals surface area contributed by atoms with Gasteiger partial charge in [0.2, 0.25) is 0 Å². The van der Waals surface area contributed by atoms with Crippen molar-refractivity contribution in [3.8, 4) is 11.4 Å². The number of hydrogen-bond acceptors (Lipinski definition) is 3. The van der Waals surface area contributed by atoms with Crippen LogP contribution in [-0.2, 0) is 4.79 Å². The molecule has 6 heteroatoms. The molecule has 1 N–H and O–H groups in total. The van der Waals surface area contributed by atoms with Gasteiger partial charge in [-0.2, -0.15) is 5.10 Å². The van der Waals surface area contributed by atoms with Crippen LogP contribution in [0.2, 0.25) is 5.02 Å². The third-order valence-corrected chi connectivity index (χ3v) is 2.34. The maximum absolute atomic E-state index is 10.3. The van der Waals surface area contributed by atoms with Gasteiger partial charge in [0.1, 0.15) is 0 Å². The highest BCUT2D eigenvalue weighted by Gasteiger charge is 2.06. The Labute approximate surface area is 102 Å². The molecular weight excluding hydrogens is 244 g/mol. The van der Waals surface area contributed by atoms with Gasteiger partial charge >= 0.3 is 5.97 Å². The highest BCUT2D eigenvalue weighted by atomic mass is 35.5. The van der Waals surface area contributed by atoms with E-state index in [1.165, 1.54) is 10.9 Å². The smallest absolute Gasteiger partial charge is 0.341 e. The minimum absolute atomic E-state index is 0.382. The normalized spacial score (nSPS) is 10.2. The molecule has 0 saturated carbocycles. The number of para-hydroxylation sites is 1. The van der Waals surface area contributed by atoms with Crippen molar-refractivity contribution in [1.82, 2.24) is 9.78 Å². The van der Waals surface area contributed by atoms with E-state index in [4.69, 9.17) is 21.4 Å². The van der Waals surface area contributed by atoms with Crippen molar-refractivity contribution in [2.24, 2.45) is 0 Å². The van der Waals surface area contributed by atoms with Crippen LogP contribution in [0.15, 0.2) is 36.7 Å². The van der Waals surface area contributed by atoms with Gasteiger partial charge in [-0.15, -0.1) is 0 Å². The van der Waals surface area contributed by atoms with Crippen molar-refractivity contribution in [3.05, 3.63) is 41.7 Å². The van der Waals surface area contributed by atoms with Crippen LogP contribution < -0.4 is 4.74 Å². The van der Waals surface area contributed by atoms with Crippen molar-refractivity contribution < 1.29 is 14.6 Å². The molecule has 0 aliphatic carbocycles. The Morgan fingerprint density at radius 2 is 2.24 bits per heavy atom. The lowest BCUT2D eigenvalue weighted by atomic mass is 10.3. The summed E-state index contributed by atoms with van der Waals surface area (Å²) in [6.45, 7) is -0.395. The Hall–Kier alpha value is -2.01. The summed E-state index contributed by atoms with van der Waals surface area (Å²) >= 11 is 6.00. The summed E-state index contributed by atoms with van der Waals surface area (Å²) in [5, 5.41) is 13.1. The third-order valence-electron chi connectivity index (χ3n) is 2.02. The first-order valence-corrected chi connectivity index (χ1v) is 5.19. The highest BCUT2D eigenvalue weighted by molar-refractivity contribution is 6.32. The minimum Gasteiger partial charge on any atom is -0.479 e. The van der Waals surface area contributed by atoms with Gasteiger partial charge in [-0.25, -0.2) is 9.48 Å². The van der Waals surface area contributed by atoms with Gasteiger partial charge in [-0.3, -0.25) is 0 Å². The second-order valence-corrected chi connectivity index (χ2v) is 3.66. The molecule has 2 rings (SSSR count). The van der Waals surface area contributed by atoms with E-state index in [-0.39, 0.29) is 0 Å². The number of hydrogen-bond donors (Lipinski definition) is 1. The van der Waals surface area contributed by atoms with Crippen LogP contribution in [0.25, 0.3) is 5.69 Å². The Morgan fingerprint density at radius 3 is 2.94 bits per heavy atom. The van der Waals surface area contributed by atoms with E-state index in [1.54, 1.807) is 18.3 Å². The monoisotopic (exact) mass is 252 g/mol. The molecule has 17 heavy (non-hydrogen) atoms. The van der Waals surface area contributed by atoms with Crippen molar-refractivity contribution in [3.63, 3.8) is 0 Å². The number of nitrogens with zero attached hydrogens (tertiary/aromatic N) is 2. The molecule has 0 atom stereocenters. The maximum atomic E-state index is 10.3. The van der Waals surface area contributed by atoms with Crippen LogP contribution in [0, 0.1) is 0 Å². The van der Waals surface area contributed by atoms with E-state index in [0.717, 1.165) is 0 Å². The molecule has 0 radical (unpaired) electrons. The number of carboxylic acid groups (broad SMARTS) is 1. The summed E-state index contributed by atoms with van der Waals surface area (Å²) in [6, 6.07) is 7.20. The van der Waals surface area contributed by atoms with Gasteiger partial charge in [-0.1, -0.05) is 23.7 Å². The lowest BCUT2D eigenvalue weighted by molar-refractivity contribution is -0.139. The molecule has 0 unspecified atom stereocenters. The Kier molecular flexibility index (Phi) is 3.30. The second-order valence-electron chi connectivity index (χ2n) is 3.25. The molecule has 2 aromatic rings. The molecule has 88 valence electrons. The standard InChI is InChI=1S/C11H9ClN2O3/c12-9-3-1-2-4-10(9)14-6-8(5-13-14)17-7-11(15)16/h1-6H,7H2,(H,15,16). The van der Waals surface area contributed by atoms with E-state index in [2.05, 4.69) is 5.10 Å². The molecule has 0 amide bonds. The molecular formula is C11H9ClN2O3. The third kappa shape index (κ3) is 2.76. The lowest BCUT2D eigenvalue weighted by Gasteiger charge is -2.02. The van der Waals surface area contributed by atoms with Gasteiger partial charge in [0.25, 0.3) is 0 Å².